The zero-order valence-electron chi connectivity index (χ0n) is 10.9. The number of thioether (sulfide) groups is 1. The second-order valence-electron chi connectivity index (χ2n) is 4.66. The van der Waals surface area contributed by atoms with Gasteiger partial charge >= 0.3 is 12.0 Å². The summed E-state index contributed by atoms with van der Waals surface area (Å²) in [4.78, 5) is 48.4. The number of piperidine rings is 1. The molecule has 0 aromatic rings. The molecule has 20 heavy (non-hydrogen) atoms. The van der Waals surface area contributed by atoms with Crippen LogP contribution in [0.1, 0.15) is 12.8 Å². The van der Waals surface area contributed by atoms with Crippen molar-refractivity contribution in [3.05, 3.63) is 0 Å². The highest BCUT2D eigenvalue weighted by atomic mass is 32.2. The Morgan fingerprint density at radius 1 is 1.40 bits per heavy atom. The maximum absolute atomic E-state index is 12.0. The summed E-state index contributed by atoms with van der Waals surface area (Å²) in [6.07, 6.45) is 0.427. The van der Waals surface area contributed by atoms with Crippen molar-refractivity contribution in [2.75, 3.05) is 18.7 Å². The number of carbonyl (C=O) groups excluding carboxylic acids is 3. The minimum atomic E-state index is -1.06. The molecule has 110 valence electrons. The van der Waals surface area contributed by atoms with Gasteiger partial charge in [0.25, 0.3) is 5.91 Å². The van der Waals surface area contributed by atoms with Gasteiger partial charge in [-0.1, -0.05) is 0 Å². The summed E-state index contributed by atoms with van der Waals surface area (Å²) < 4.78 is 0. The zero-order chi connectivity index (χ0) is 14.9. The molecule has 2 rings (SSSR count). The van der Waals surface area contributed by atoms with Gasteiger partial charge in [0.05, 0.1) is 5.88 Å². The summed E-state index contributed by atoms with van der Waals surface area (Å²) in [5.74, 6) is -1.19. The van der Waals surface area contributed by atoms with Crippen LogP contribution in [-0.2, 0) is 14.4 Å². The lowest BCUT2D eigenvalue weighted by Crippen LogP contribution is -2.56. The average Bonchev–Trinajstić information content (AvgIpc) is 2.89. The number of aliphatic carboxylic acids is 1. The smallest absolute Gasteiger partial charge is 0.327 e. The van der Waals surface area contributed by atoms with Gasteiger partial charge in [0.15, 0.2) is 0 Å². The van der Waals surface area contributed by atoms with E-state index in [9.17, 15) is 19.2 Å². The van der Waals surface area contributed by atoms with Crippen LogP contribution in [0.25, 0.3) is 0 Å². The fraction of sp³-hybridized carbons (Fsp3) is 0.636. The molecule has 2 aliphatic rings. The van der Waals surface area contributed by atoms with Gasteiger partial charge in [-0.05, 0) is 6.42 Å². The van der Waals surface area contributed by atoms with E-state index >= 15 is 0 Å². The number of likely N-dealkylation sites (tertiary alicyclic amines) is 1. The standard InChI is InChI=1S/C11H15N3O5S/c1-13-8(15)3-2-6(9(13)16)12-11(19)14-5-20-4-7(14)10(17)18/h6-7H,2-5H2,1H3,(H,12,19)(H,17,18)/t6?,7-/m0/s1. The first-order chi connectivity index (χ1) is 9.41. The van der Waals surface area contributed by atoms with Crippen LogP contribution in [0.15, 0.2) is 0 Å². The number of carbonyl (C=O) groups is 4. The van der Waals surface area contributed by atoms with E-state index in [0.717, 1.165) is 4.90 Å². The molecular formula is C11H15N3O5S. The van der Waals surface area contributed by atoms with Crippen LogP contribution in [0.2, 0.25) is 0 Å². The Kier molecular flexibility index (Phi) is 4.17. The molecule has 2 atom stereocenters. The Hall–Kier alpha value is -1.77. The van der Waals surface area contributed by atoms with Gasteiger partial charge in [0.1, 0.15) is 12.1 Å². The van der Waals surface area contributed by atoms with Gasteiger partial charge in [-0.2, -0.15) is 0 Å². The van der Waals surface area contributed by atoms with Crippen LogP contribution in [0.5, 0.6) is 0 Å². The minimum absolute atomic E-state index is 0.185. The van der Waals surface area contributed by atoms with Crippen LogP contribution in [0.4, 0.5) is 4.79 Å². The number of hydrogen-bond donors (Lipinski definition) is 2. The summed E-state index contributed by atoms with van der Waals surface area (Å²) in [7, 11) is 1.37. The van der Waals surface area contributed by atoms with E-state index in [1.54, 1.807) is 0 Å². The SMILES string of the molecule is CN1C(=O)CCC(NC(=O)N2CSC[C@H]2C(=O)O)C1=O. The Labute approximate surface area is 119 Å². The number of likely N-dealkylation sites (N-methyl/N-ethyl adjacent to an activating group) is 1. The molecule has 4 amide bonds. The molecule has 2 heterocycles. The predicted molar refractivity (Wildman–Crippen MR) is 69.9 cm³/mol. The van der Waals surface area contributed by atoms with Crippen molar-refractivity contribution in [2.45, 2.75) is 24.9 Å². The Morgan fingerprint density at radius 3 is 2.75 bits per heavy atom. The zero-order valence-corrected chi connectivity index (χ0v) is 11.7. The van der Waals surface area contributed by atoms with Gasteiger partial charge in [-0.15, -0.1) is 11.8 Å². The molecule has 0 radical (unpaired) electrons. The predicted octanol–water partition coefficient (Wildman–Crippen LogP) is -0.697. The number of carboxylic acid groups (broad SMARTS) is 1. The summed E-state index contributed by atoms with van der Waals surface area (Å²) in [5, 5.41) is 11.5. The van der Waals surface area contributed by atoms with E-state index in [2.05, 4.69) is 5.32 Å². The van der Waals surface area contributed by atoms with Crippen LogP contribution in [-0.4, -0.2) is 69.5 Å². The molecule has 2 fully saturated rings. The largest absolute Gasteiger partial charge is 0.480 e. The van der Waals surface area contributed by atoms with Crippen molar-refractivity contribution in [3.8, 4) is 0 Å². The first-order valence-corrected chi connectivity index (χ1v) is 7.25. The van der Waals surface area contributed by atoms with Crippen LogP contribution < -0.4 is 5.32 Å². The Bertz CT molecular complexity index is 469. The van der Waals surface area contributed by atoms with E-state index < -0.39 is 30.0 Å². The number of urea groups is 1. The molecule has 0 aromatic heterocycles. The number of imide groups is 1. The number of rotatable bonds is 2. The molecule has 2 saturated heterocycles. The summed E-state index contributed by atoms with van der Waals surface area (Å²) in [6.45, 7) is 0. The second kappa shape index (κ2) is 5.70. The summed E-state index contributed by atoms with van der Waals surface area (Å²) in [5.41, 5.74) is 0. The van der Waals surface area contributed by atoms with Gasteiger partial charge < -0.3 is 15.3 Å². The van der Waals surface area contributed by atoms with Crippen molar-refractivity contribution in [1.82, 2.24) is 15.1 Å². The number of nitrogens with one attached hydrogen (secondary N) is 1. The third-order valence-electron chi connectivity index (χ3n) is 3.38. The average molecular weight is 301 g/mol. The number of amides is 4. The van der Waals surface area contributed by atoms with Crippen LogP contribution in [0.3, 0.4) is 0 Å². The highest BCUT2D eigenvalue weighted by Gasteiger charge is 2.38. The van der Waals surface area contributed by atoms with Crippen molar-refractivity contribution >= 4 is 35.6 Å². The molecule has 9 heteroatoms. The third kappa shape index (κ3) is 2.72. The molecule has 0 bridgehead atoms. The van der Waals surface area contributed by atoms with E-state index in [1.807, 2.05) is 0 Å². The fourth-order valence-corrected chi connectivity index (χ4v) is 3.27. The molecule has 1 unspecified atom stereocenters. The molecule has 0 aromatic carbocycles. The lowest BCUT2D eigenvalue weighted by Gasteiger charge is -2.30. The van der Waals surface area contributed by atoms with Gasteiger partial charge in [-0.25, -0.2) is 9.59 Å². The van der Waals surface area contributed by atoms with Gasteiger partial charge in [-0.3, -0.25) is 14.5 Å². The Morgan fingerprint density at radius 2 is 2.10 bits per heavy atom. The van der Waals surface area contributed by atoms with E-state index in [1.165, 1.54) is 23.7 Å². The van der Waals surface area contributed by atoms with E-state index in [0.29, 0.717) is 5.75 Å². The quantitative estimate of drug-likeness (QED) is 0.653. The van der Waals surface area contributed by atoms with Gasteiger partial charge in [0.2, 0.25) is 5.91 Å². The van der Waals surface area contributed by atoms with Gasteiger partial charge in [0, 0.05) is 19.2 Å². The lowest BCUT2D eigenvalue weighted by atomic mass is 10.1. The first-order valence-electron chi connectivity index (χ1n) is 6.10. The fourth-order valence-electron chi connectivity index (χ4n) is 2.13. The number of hydrogen-bond acceptors (Lipinski definition) is 5. The summed E-state index contributed by atoms with van der Waals surface area (Å²) >= 11 is 1.35. The Balaban J connectivity index is 1.99. The maximum atomic E-state index is 12.0. The van der Waals surface area contributed by atoms with E-state index in [4.69, 9.17) is 5.11 Å². The molecule has 2 aliphatic heterocycles. The van der Waals surface area contributed by atoms with Crippen molar-refractivity contribution in [1.29, 1.82) is 0 Å². The molecule has 0 spiro atoms. The summed E-state index contributed by atoms with van der Waals surface area (Å²) in [6, 6.07) is -2.23. The van der Waals surface area contributed by atoms with E-state index in [-0.39, 0.29) is 24.6 Å². The third-order valence-corrected chi connectivity index (χ3v) is 4.39. The number of nitrogens with zero attached hydrogens (tertiary/aromatic N) is 2. The maximum Gasteiger partial charge on any atom is 0.327 e. The van der Waals surface area contributed by atoms with Crippen molar-refractivity contribution in [3.63, 3.8) is 0 Å². The molecule has 0 saturated carbocycles. The normalized spacial score (nSPS) is 26.9. The highest BCUT2D eigenvalue weighted by Crippen LogP contribution is 2.21. The minimum Gasteiger partial charge on any atom is -0.480 e. The lowest BCUT2D eigenvalue weighted by molar-refractivity contribution is -0.147. The van der Waals surface area contributed by atoms with Crippen molar-refractivity contribution in [2.24, 2.45) is 0 Å². The second-order valence-corrected chi connectivity index (χ2v) is 5.66. The molecule has 8 nitrogen and oxygen atoms in total. The monoisotopic (exact) mass is 301 g/mol. The molecular weight excluding hydrogens is 286 g/mol. The van der Waals surface area contributed by atoms with Crippen LogP contribution in [0, 0.1) is 0 Å². The molecule has 0 aliphatic carbocycles. The molecule has 2 N–H and O–H groups in total. The van der Waals surface area contributed by atoms with Crippen LogP contribution >= 0.6 is 11.8 Å². The topological polar surface area (TPSA) is 107 Å². The van der Waals surface area contributed by atoms with Crippen molar-refractivity contribution < 1.29 is 24.3 Å². The number of carboxylic acids is 1. The first kappa shape index (κ1) is 14.6. The highest BCUT2D eigenvalue weighted by molar-refractivity contribution is 7.99.